The lowest BCUT2D eigenvalue weighted by atomic mass is 10.3. The number of unbranched alkanes of at least 4 members (excludes halogenated alkanes) is 1. The lowest BCUT2D eigenvalue weighted by molar-refractivity contribution is -0.137. The van der Waals surface area contributed by atoms with E-state index in [1.165, 1.54) is 6.08 Å². The molecule has 0 bridgehead atoms. The molecule has 1 rings (SSSR count). The van der Waals surface area contributed by atoms with Crippen LogP contribution in [0.3, 0.4) is 0 Å². The molecular formula is C13H16O3. The molecule has 0 atom stereocenters. The number of ether oxygens (including phenoxy) is 2. The highest BCUT2D eigenvalue weighted by Crippen LogP contribution is 2.08. The van der Waals surface area contributed by atoms with Gasteiger partial charge in [0.1, 0.15) is 5.75 Å². The van der Waals surface area contributed by atoms with Gasteiger partial charge < -0.3 is 9.47 Å². The second-order valence-electron chi connectivity index (χ2n) is 3.24. The third kappa shape index (κ3) is 5.20. The summed E-state index contributed by atoms with van der Waals surface area (Å²) in [4.78, 5) is 10.7. The fraction of sp³-hybridized carbons (Fsp3) is 0.308. The summed E-state index contributed by atoms with van der Waals surface area (Å²) in [5.41, 5.74) is 0. The van der Waals surface area contributed by atoms with Gasteiger partial charge in [-0.3, -0.25) is 0 Å². The SMILES string of the molecule is C=CC(=O)OCCCCOc1ccccc1. The molecule has 0 fully saturated rings. The number of para-hydroxylation sites is 1. The summed E-state index contributed by atoms with van der Waals surface area (Å²) in [5, 5.41) is 0. The molecule has 0 heterocycles. The Morgan fingerprint density at radius 2 is 1.88 bits per heavy atom. The maximum absolute atomic E-state index is 10.7. The van der Waals surface area contributed by atoms with Crippen LogP contribution >= 0.6 is 0 Å². The topological polar surface area (TPSA) is 35.5 Å². The number of benzene rings is 1. The summed E-state index contributed by atoms with van der Waals surface area (Å²) < 4.78 is 10.3. The molecule has 0 radical (unpaired) electrons. The van der Waals surface area contributed by atoms with Gasteiger partial charge in [0, 0.05) is 6.08 Å². The summed E-state index contributed by atoms with van der Waals surface area (Å²) >= 11 is 0. The van der Waals surface area contributed by atoms with E-state index in [9.17, 15) is 4.79 Å². The molecule has 1 aromatic carbocycles. The van der Waals surface area contributed by atoms with Crippen molar-refractivity contribution in [1.29, 1.82) is 0 Å². The first kappa shape index (κ1) is 12.3. The van der Waals surface area contributed by atoms with Crippen molar-refractivity contribution in [2.75, 3.05) is 13.2 Å². The standard InChI is InChI=1S/C13H16O3/c1-2-13(14)16-11-7-6-10-15-12-8-4-3-5-9-12/h2-5,8-9H,1,6-7,10-11H2. The fourth-order valence-electron chi connectivity index (χ4n) is 1.14. The van der Waals surface area contributed by atoms with Crippen LogP contribution in [0.15, 0.2) is 43.0 Å². The van der Waals surface area contributed by atoms with Crippen LogP contribution in [0.2, 0.25) is 0 Å². The van der Waals surface area contributed by atoms with Crippen molar-refractivity contribution < 1.29 is 14.3 Å². The van der Waals surface area contributed by atoms with Crippen molar-refractivity contribution in [3.63, 3.8) is 0 Å². The van der Waals surface area contributed by atoms with Crippen LogP contribution < -0.4 is 4.74 Å². The van der Waals surface area contributed by atoms with E-state index in [0.29, 0.717) is 13.2 Å². The highest BCUT2D eigenvalue weighted by Gasteiger charge is 1.95. The van der Waals surface area contributed by atoms with E-state index < -0.39 is 0 Å². The highest BCUT2D eigenvalue weighted by molar-refractivity contribution is 5.81. The van der Waals surface area contributed by atoms with Crippen LogP contribution in [-0.2, 0) is 9.53 Å². The Kier molecular flexibility index (Phi) is 5.78. The van der Waals surface area contributed by atoms with E-state index in [1.807, 2.05) is 30.3 Å². The number of esters is 1. The average molecular weight is 220 g/mol. The zero-order valence-electron chi connectivity index (χ0n) is 9.22. The molecule has 0 aliphatic heterocycles. The van der Waals surface area contributed by atoms with Crippen LogP contribution in [0.4, 0.5) is 0 Å². The van der Waals surface area contributed by atoms with Crippen LogP contribution in [-0.4, -0.2) is 19.2 Å². The minimum Gasteiger partial charge on any atom is -0.494 e. The third-order valence-corrected chi connectivity index (χ3v) is 1.96. The van der Waals surface area contributed by atoms with Crippen molar-refractivity contribution in [2.24, 2.45) is 0 Å². The van der Waals surface area contributed by atoms with E-state index in [1.54, 1.807) is 0 Å². The highest BCUT2D eigenvalue weighted by atomic mass is 16.5. The van der Waals surface area contributed by atoms with Gasteiger partial charge >= 0.3 is 5.97 Å². The molecule has 0 saturated heterocycles. The summed E-state index contributed by atoms with van der Waals surface area (Å²) in [6.07, 6.45) is 2.83. The van der Waals surface area contributed by atoms with Gasteiger partial charge in [0.25, 0.3) is 0 Å². The molecule has 0 N–H and O–H groups in total. The Morgan fingerprint density at radius 1 is 1.19 bits per heavy atom. The number of carbonyl (C=O) groups excluding carboxylic acids is 1. The predicted molar refractivity (Wildman–Crippen MR) is 62.3 cm³/mol. The summed E-state index contributed by atoms with van der Waals surface area (Å²) in [5.74, 6) is 0.495. The Labute approximate surface area is 95.7 Å². The quantitative estimate of drug-likeness (QED) is 0.402. The Bertz CT molecular complexity index is 319. The largest absolute Gasteiger partial charge is 0.494 e. The van der Waals surface area contributed by atoms with Gasteiger partial charge in [-0.15, -0.1) is 0 Å². The van der Waals surface area contributed by atoms with E-state index in [2.05, 4.69) is 6.58 Å². The maximum atomic E-state index is 10.7. The molecular weight excluding hydrogens is 204 g/mol. The van der Waals surface area contributed by atoms with Crippen LogP contribution in [0.5, 0.6) is 5.75 Å². The smallest absolute Gasteiger partial charge is 0.330 e. The second kappa shape index (κ2) is 7.51. The predicted octanol–water partition coefficient (Wildman–Crippen LogP) is 2.57. The van der Waals surface area contributed by atoms with E-state index in [0.717, 1.165) is 18.6 Å². The molecule has 0 spiro atoms. The zero-order chi connectivity index (χ0) is 11.6. The Morgan fingerprint density at radius 3 is 2.56 bits per heavy atom. The first-order valence-electron chi connectivity index (χ1n) is 5.30. The zero-order valence-corrected chi connectivity index (χ0v) is 9.22. The molecule has 16 heavy (non-hydrogen) atoms. The molecule has 3 heteroatoms. The van der Waals surface area contributed by atoms with Gasteiger partial charge in [-0.1, -0.05) is 24.8 Å². The first-order valence-corrected chi connectivity index (χ1v) is 5.30. The summed E-state index contributed by atoms with van der Waals surface area (Å²) in [6.45, 7) is 4.37. The molecule has 0 unspecified atom stereocenters. The van der Waals surface area contributed by atoms with Gasteiger partial charge in [-0.2, -0.15) is 0 Å². The number of rotatable bonds is 7. The number of hydrogen-bond acceptors (Lipinski definition) is 3. The second-order valence-corrected chi connectivity index (χ2v) is 3.24. The minimum atomic E-state index is -0.371. The molecule has 0 aromatic heterocycles. The van der Waals surface area contributed by atoms with Crippen molar-refractivity contribution in [3.05, 3.63) is 43.0 Å². The summed E-state index contributed by atoms with van der Waals surface area (Å²) in [6, 6.07) is 9.64. The minimum absolute atomic E-state index is 0.371. The normalized spacial score (nSPS) is 9.50. The monoisotopic (exact) mass is 220 g/mol. The van der Waals surface area contributed by atoms with Crippen molar-refractivity contribution in [1.82, 2.24) is 0 Å². The molecule has 0 saturated carbocycles. The molecule has 86 valence electrons. The molecule has 3 nitrogen and oxygen atoms in total. The maximum Gasteiger partial charge on any atom is 0.330 e. The molecule has 1 aromatic rings. The third-order valence-electron chi connectivity index (χ3n) is 1.96. The van der Waals surface area contributed by atoms with E-state index >= 15 is 0 Å². The lowest BCUT2D eigenvalue weighted by Gasteiger charge is -2.05. The van der Waals surface area contributed by atoms with Gasteiger partial charge in [-0.05, 0) is 25.0 Å². The molecule has 0 amide bonds. The Hall–Kier alpha value is -1.77. The van der Waals surface area contributed by atoms with Crippen molar-refractivity contribution in [3.8, 4) is 5.75 Å². The molecule has 0 aliphatic carbocycles. The number of hydrogen-bond donors (Lipinski definition) is 0. The molecule has 0 aliphatic rings. The van der Waals surface area contributed by atoms with Crippen LogP contribution in [0.1, 0.15) is 12.8 Å². The average Bonchev–Trinajstić information content (AvgIpc) is 2.34. The van der Waals surface area contributed by atoms with Gasteiger partial charge in [0.05, 0.1) is 13.2 Å². The summed E-state index contributed by atoms with van der Waals surface area (Å²) in [7, 11) is 0. The number of carbonyl (C=O) groups is 1. The fourth-order valence-corrected chi connectivity index (χ4v) is 1.14. The van der Waals surface area contributed by atoms with Gasteiger partial charge in [0.2, 0.25) is 0 Å². The van der Waals surface area contributed by atoms with Crippen LogP contribution in [0, 0.1) is 0 Å². The van der Waals surface area contributed by atoms with Gasteiger partial charge in [0.15, 0.2) is 0 Å². The Balaban J connectivity index is 2.00. The van der Waals surface area contributed by atoms with Crippen molar-refractivity contribution in [2.45, 2.75) is 12.8 Å². The lowest BCUT2D eigenvalue weighted by Crippen LogP contribution is -2.04. The van der Waals surface area contributed by atoms with E-state index in [-0.39, 0.29) is 5.97 Å². The van der Waals surface area contributed by atoms with Crippen LogP contribution in [0.25, 0.3) is 0 Å². The van der Waals surface area contributed by atoms with Gasteiger partial charge in [-0.25, -0.2) is 4.79 Å². The first-order chi connectivity index (χ1) is 7.83. The van der Waals surface area contributed by atoms with E-state index in [4.69, 9.17) is 9.47 Å². The van der Waals surface area contributed by atoms with Crippen molar-refractivity contribution >= 4 is 5.97 Å².